The van der Waals surface area contributed by atoms with Crippen LogP contribution in [-0.4, -0.2) is 34.9 Å². The molecule has 0 aromatic heterocycles. The summed E-state index contributed by atoms with van der Waals surface area (Å²) >= 11 is 0. The number of para-hydroxylation sites is 2. The number of nitrogens with zero attached hydrogens (tertiary/aromatic N) is 3. The van der Waals surface area contributed by atoms with E-state index >= 15 is 0 Å². The second kappa shape index (κ2) is 8.23. The Morgan fingerprint density at radius 2 is 1.72 bits per heavy atom. The maximum Gasteiger partial charge on any atom is 0.292 e. The third-order valence-electron chi connectivity index (χ3n) is 6.01. The smallest absolute Gasteiger partial charge is 0.292 e. The van der Waals surface area contributed by atoms with Crippen LogP contribution in [0.5, 0.6) is 0 Å². The van der Waals surface area contributed by atoms with Gasteiger partial charge in [0.15, 0.2) is 0 Å². The highest BCUT2D eigenvalue weighted by atomic mass is 16.6. The lowest BCUT2D eigenvalue weighted by Gasteiger charge is -2.35. The summed E-state index contributed by atoms with van der Waals surface area (Å²) in [6, 6.07) is 15.6. The number of piperidine rings is 1. The predicted molar refractivity (Wildman–Crippen MR) is 113 cm³/mol. The summed E-state index contributed by atoms with van der Waals surface area (Å²) in [5.41, 5.74) is 3.19. The van der Waals surface area contributed by atoms with Crippen LogP contribution in [0.25, 0.3) is 0 Å². The molecule has 0 atom stereocenters. The number of rotatable bonds is 6. The van der Waals surface area contributed by atoms with Crippen molar-refractivity contribution < 1.29 is 9.72 Å². The zero-order chi connectivity index (χ0) is 20.4. The van der Waals surface area contributed by atoms with E-state index in [1.165, 1.54) is 11.1 Å². The number of aryl methyl sites for hydroxylation is 1. The highest BCUT2D eigenvalue weighted by Crippen LogP contribution is 2.34. The number of carbonyl (C=O) groups excluding carboxylic acids is 1. The number of amides is 1. The summed E-state index contributed by atoms with van der Waals surface area (Å²) in [7, 11) is 0. The summed E-state index contributed by atoms with van der Waals surface area (Å²) in [5.74, 6) is 0.246. The van der Waals surface area contributed by atoms with E-state index in [1.54, 1.807) is 18.2 Å². The van der Waals surface area contributed by atoms with Crippen molar-refractivity contribution in [3.05, 3.63) is 69.8 Å². The van der Waals surface area contributed by atoms with Crippen LogP contribution in [0, 0.1) is 23.0 Å². The number of carbonyl (C=O) groups is 1. The topological polar surface area (TPSA) is 66.7 Å². The normalized spacial score (nSPS) is 17.2. The summed E-state index contributed by atoms with van der Waals surface area (Å²) in [6.07, 6.45) is 3.66. The van der Waals surface area contributed by atoms with E-state index < -0.39 is 0 Å². The summed E-state index contributed by atoms with van der Waals surface area (Å²) in [4.78, 5) is 28.4. The van der Waals surface area contributed by atoms with Crippen molar-refractivity contribution in [1.29, 1.82) is 0 Å². The number of hydrogen-bond acceptors (Lipinski definition) is 4. The Bertz CT molecular complexity index is 884. The van der Waals surface area contributed by atoms with Crippen molar-refractivity contribution in [2.75, 3.05) is 18.0 Å². The molecule has 0 spiro atoms. The van der Waals surface area contributed by atoms with Gasteiger partial charge in [0.2, 0.25) is 5.91 Å². The molecule has 1 heterocycles. The highest BCUT2D eigenvalue weighted by molar-refractivity contribution is 5.80. The molecule has 6 nitrogen and oxygen atoms in total. The Balaban J connectivity index is 1.41. The van der Waals surface area contributed by atoms with Crippen LogP contribution in [0.4, 0.5) is 11.4 Å². The molecule has 1 saturated heterocycles. The van der Waals surface area contributed by atoms with Crippen LogP contribution in [0.1, 0.15) is 36.8 Å². The first kappa shape index (κ1) is 19.4. The SMILES string of the molecule is Cc1ccc(CN(C(=O)C2CCN(c3ccccc3[N+](=O)[O-])CC2)C2CC2)cc1. The van der Waals surface area contributed by atoms with Gasteiger partial charge in [-0.25, -0.2) is 0 Å². The minimum absolute atomic E-state index is 0.0000618. The fourth-order valence-corrected chi connectivity index (χ4v) is 4.15. The van der Waals surface area contributed by atoms with Crippen LogP contribution in [-0.2, 0) is 11.3 Å². The van der Waals surface area contributed by atoms with E-state index in [0.717, 1.165) is 25.7 Å². The zero-order valence-corrected chi connectivity index (χ0v) is 16.8. The van der Waals surface area contributed by atoms with E-state index in [9.17, 15) is 14.9 Å². The van der Waals surface area contributed by atoms with Gasteiger partial charge >= 0.3 is 0 Å². The molecule has 152 valence electrons. The largest absolute Gasteiger partial charge is 0.366 e. The summed E-state index contributed by atoms with van der Waals surface area (Å²) in [6.45, 7) is 4.08. The lowest BCUT2D eigenvalue weighted by molar-refractivity contribution is -0.384. The molecule has 0 unspecified atom stereocenters. The highest BCUT2D eigenvalue weighted by Gasteiger charge is 2.37. The molecule has 1 aliphatic carbocycles. The van der Waals surface area contributed by atoms with Crippen LogP contribution >= 0.6 is 0 Å². The molecule has 0 bridgehead atoms. The van der Waals surface area contributed by atoms with Gasteiger partial charge in [0.25, 0.3) is 5.69 Å². The third kappa shape index (κ3) is 4.42. The molecule has 1 saturated carbocycles. The van der Waals surface area contributed by atoms with Crippen molar-refractivity contribution in [2.45, 2.75) is 45.2 Å². The van der Waals surface area contributed by atoms with E-state index in [-0.39, 0.29) is 22.4 Å². The average Bonchev–Trinajstić information content (AvgIpc) is 3.58. The molecular formula is C23H27N3O3. The molecule has 1 aliphatic heterocycles. The van der Waals surface area contributed by atoms with Gasteiger partial charge in [-0.1, -0.05) is 42.0 Å². The van der Waals surface area contributed by atoms with Crippen molar-refractivity contribution in [3.8, 4) is 0 Å². The fourth-order valence-electron chi connectivity index (χ4n) is 4.15. The Kier molecular flexibility index (Phi) is 5.51. The van der Waals surface area contributed by atoms with Gasteiger partial charge in [-0.2, -0.15) is 0 Å². The number of hydrogen-bond donors (Lipinski definition) is 0. The fraction of sp³-hybridized carbons (Fsp3) is 0.435. The predicted octanol–water partition coefficient (Wildman–Crippen LogP) is 4.31. The van der Waals surface area contributed by atoms with Crippen LogP contribution in [0.3, 0.4) is 0 Å². The van der Waals surface area contributed by atoms with Crippen molar-refractivity contribution >= 4 is 17.3 Å². The molecule has 0 N–H and O–H groups in total. The standard InChI is InChI=1S/C23H27N3O3/c1-17-6-8-18(9-7-17)16-25(20-10-11-20)23(27)19-12-14-24(15-13-19)21-4-2-3-5-22(21)26(28)29/h2-9,19-20H,10-16H2,1H3. The Labute approximate surface area is 171 Å². The van der Waals surface area contributed by atoms with Gasteiger partial charge < -0.3 is 9.80 Å². The van der Waals surface area contributed by atoms with Gasteiger partial charge in [-0.05, 0) is 44.2 Å². The first-order chi connectivity index (χ1) is 14.0. The molecule has 29 heavy (non-hydrogen) atoms. The monoisotopic (exact) mass is 393 g/mol. The lowest BCUT2D eigenvalue weighted by Crippen LogP contribution is -2.43. The van der Waals surface area contributed by atoms with Gasteiger partial charge in [0.1, 0.15) is 5.69 Å². The molecule has 4 rings (SSSR count). The summed E-state index contributed by atoms with van der Waals surface area (Å²) in [5, 5.41) is 11.3. The first-order valence-corrected chi connectivity index (χ1v) is 10.4. The van der Waals surface area contributed by atoms with E-state index in [0.29, 0.717) is 31.4 Å². The first-order valence-electron chi connectivity index (χ1n) is 10.4. The molecule has 6 heteroatoms. The van der Waals surface area contributed by atoms with E-state index in [1.807, 2.05) is 11.0 Å². The maximum atomic E-state index is 13.3. The molecule has 2 aliphatic rings. The number of benzene rings is 2. The number of nitro groups is 1. The number of anilines is 1. The maximum absolute atomic E-state index is 13.3. The van der Waals surface area contributed by atoms with E-state index in [4.69, 9.17) is 0 Å². The van der Waals surface area contributed by atoms with E-state index in [2.05, 4.69) is 36.1 Å². The van der Waals surface area contributed by atoms with Gasteiger partial charge in [-0.15, -0.1) is 0 Å². The molecular weight excluding hydrogens is 366 g/mol. The second-order valence-electron chi connectivity index (χ2n) is 8.19. The Hall–Kier alpha value is -2.89. The Morgan fingerprint density at radius 1 is 1.07 bits per heavy atom. The van der Waals surface area contributed by atoms with Gasteiger partial charge in [-0.3, -0.25) is 14.9 Å². The average molecular weight is 393 g/mol. The molecule has 2 aromatic carbocycles. The molecule has 2 fully saturated rings. The number of nitro benzene ring substituents is 1. The van der Waals surface area contributed by atoms with Gasteiger partial charge in [0.05, 0.1) is 4.92 Å². The summed E-state index contributed by atoms with van der Waals surface area (Å²) < 4.78 is 0. The van der Waals surface area contributed by atoms with Crippen molar-refractivity contribution in [2.24, 2.45) is 5.92 Å². The third-order valence-corrected chi connectivity index (χ3v) is 6.01. The van der Waals surface area contributed by atoms with Crippen LogP contribution in [0.2, 0.25) is 0 Å². The quantitative estimate of drug-likeness (QED) is 0.542. The second-order valence-corrected chi connectivity index (χ2v) is 8.19. The molecule has 1 amide bonds. The van der Waals surface area contributed by atoms with Crippen LogP contribution < -0.4 is 4.90 Å². The molecule has 2 aromatic rings. The van der Waals surface area contributed by atoms with Gasteiger partial charge in [0, 0.05) is 37.7 Å². The lowest BCUT2D eigenvalue weighted by atomic mass is 9.94. The zero-order valence-electron chi connectivity index (χ0n) is 16.8. The van der Waals surface area contributed by atoms with Crippen molar-refractivity contribution in [1.82, 2.24) is 4.90 Å². The minimum atomic E-state index is -0.330. The molecule has 0 radical (unpaired) electrons. The van der Waals surface area contributed by atoms with Crippen LogP contribution in [0.15, 0.2) is 48.5 Å². The Morgan fingerprint density at radius 3 is 2.34 bits per heavy atom. The van der Waals surface area contributed by atoms with Crippen molar-refractivity contribution in [3.63, 3.8) is 0 Å². The minimum Gasteiger partial charge on any atom is -0.366 e.